The van der Waals surface area contributed by atoms with Gasteiger partial charge in [0.05, 0.1) is 6.10 Å². The minimum Gasteiger partial charge on any atom is -0.393 e. The molecule has 1 N–H and O–H groups in total. The fourth-order valence-electron chi connectivity index (χ4n) is 2.22. The van der Waals surface area contributed by atoms with Gasteiger partial charge < -0.3 is 5.11 Å². The Bertz CT molecular complexity index is 185. The van der Waals surface area contributed by atoms with Gasteiger partial charge >= 0.3 is 0 Å². The topological polar surface area (TPSA) is 23.5 Å². The highest BCUT2D eigenvalue weighted by atomic mass is 16.3. The SMILES string of the molecule is CC(C)(C)C1CN(C2CC(O)C2)C1. The average molecular weight is 183 g/mol. The van der Waals surface area contributed by atoms with Gasteiger partial charge in [0.1, 0.15) is 0 Å². The van der Waals surface area contributed by atoms with Gasteiger partial charge in [-0.1, -0.05) is 20.8 Å². The maximum absolute atomic E-state index is 9.19. The van der Waals surface area contributed by atoms with Crippen molar-refractivity contribution in [2.45, 2.75) is 45.8 Å². The Morgan fingerprint density at radius 2 is 1.69 bits per heavy atom. The molecule has 0 spiro atoms. The smallest absolute Gasteiger partial charge is 0.0570 e. The number of aliphatic hydroxyl groups excluding tert-OH is 1. The molecular formula is C11H21NO. The number of rotatable bonds is 1. The van der Waals surface area contributed by atoms with Crippen LogP contribution in [0.1, 0.15) is 33.6 Å². The Kier molecular flexibility index (Phi) is 2.16. The van der Waals surface area contributed by atoms with Crippen molar-refractivity contribution in [3.8, 4) is 0 Å². The second kappa shape index (κ2) is 2.96. The Labute approximate surface area is 80.9 Å². The van der Waals surface area contributed by atoms with Crippen molar-refractivity contribution in [2.75, 3.05) is 13.1 Å². The summed E-state index contributed by atoms with van der Waals surface area (Å²) in [5.74, 6) is 0.866. The molecule has 76 valence electrons. The van der Waals surface area contributed by atoms with E-state index in [0.29, 0.717) is 11.5 Å². The molecule has 0 amide bonds. The molecule has 1 aliphatic carbocycles. The summed E-state index contributed by atoms with van der Waals surface area (Å²) in [4.78, 5) is 2.53. The second-order valence-electron chi connectivity index (χ2n) is 5.80. The van der Waals surface area contributed by atoms with Crippen LogP contribution in [0.5, 0.6) is 0 Å². The van der Waals surface area contributed by atoms with Crippen LogP contribution in [-0.4, -0.2) is 35.2 Å². The Balaban J connectivity index is 1.73. The Hall–Kier alpha value is -0.0800. The van der Waals surface area contributed by atoms with E-state index >= 15 is 0 Å². The lowest BCUT2D eigenvalue weighted by Gasteiger charge is -2.53. The van der Waals surface area contributed by atoms with Crippen LogP contribution in [0.15, 0.2) is 0 Å². The van der Waals surface area contributed by atoms with Gasteiger partial charge in [-0.25, -0.2) is 0 Å². The quantitative estimate of drug-likeness (QED) is 0.665. The van der Waals surface area contributed by atoms with Crippen LogP contribution in [0.4, 0.5) is 0 Å². The molecule has 0 unspecified atom stereocenters. The molecule has 2 fully saturated rings. The van der Waals surface area contributed by atoms with E-state index in [9.17, 15) is 5.11 Å². The molecule has 2 heteroatoms. The van der Waals surface area contributed by atoms with Gasteiger partial charge in [-0.2, -0.15) is 0 Å². The van der Waals surface area contributed by atoms with E-state index in [1.165, 1.54) is 13.1 Å². The molecule has 1 heterocycles. The van der Waals surface area contributed by atoms with Gasteiger partial charge in [-0.05, 0) is 24.2 Å². The van der Waals surface area contributed by atoms with Gasteiger partial charge in [0, 0.05) is 19.1 Å². The lowest BCUT2D eigenvalue weighted by molar-refractivity contribution is -0.0721. The summed E-state index contributed by atoms with van der Waals surface area (Å²) in [5.41, 5.74) is 0.471. The van der Waals surface area contributed by atoms with Crippen molar-refractivity contribution >= 4 is 0 Å². The predicted molar refractivity (Wildman–Crippen MR) is 53.5 cm³/mol. The number of aliphatic hydroxyl groups is 1. The summed E-state index contributed by atoms with van der Waals surface area (Å²) in [6.45, 7) is 9.47. The van der Waals surface area contributed by atoms with Crippen LogP contribution < -0.4 is 0 Å². The average Bonchev–Trinajstić information content (AvgIpc) is 1.76. The highest BCUT2D eigenvalue weighted by Gasteiger charge is 2.42. The zero-order valence-electron chi connectivity index (χ0n) is 8.95. The molecule has 2 nitrogen and oxygen atoms in total. The zero-order valence-corrected chi connectivity index (χ0v) is 8.95. The predicted octanol–water partition coefficient (Wildman–Crippen LogP) is 1.49. The summed E-state index contributed by atoms with van der Waals surface area (Å²) in [6, 6.07) is 0.702. The third-order valence-corrected chi connectivity index (χ3v) is 3.74. The monoisotopic (exact) mass is 183 g/mol. The summed E-state index contributed by atoms with van der Waals surface area (Å²) in [6.07, 6.45) is 2.02. The minimum atomic E-state index is -0.00122. The summed E-state index contributed by atoms with van der Waals surface area (Å²) in [5, 5.41) is 9.19. The Morgan fingerprint density at radius 1 is 1.15 bits per heavy atom. The van der Waals surface area contributed by atoms with Crippen LogP contribution in [-0.2, 0) is 0 Å². The van der Waals surface area contributed by atoms with Gasteiger partial charge in [0.15, 0.2) is 0 Å². The van der Waals surface area contributed by atoms with Gasteiger partial charge in [-0.3, -0.25) is 4.90 Å². The summed E-state index contributed by atoms with van der Waals surface area (Å²) < 4.78 is 0. The first kappa shape index (κ1) is 9.47. The number of hydrogen-bond donors (Lipinski definition) is 1. The van der Waals surface area contributed by atoms with E-state index in [-0.39, 0.29) is 6.10 Å². The first-order chi connectivity index (χ1) is 5.97. The van der Waals surface area contributed by atoms with Crippen molar-refractivity contribution in [2.24, 2.45) is 11.3 Å². The fraction of sp³-hybridized carbons (Fsp3) is 1.00. The molecule has 13 heavy (non-hydrogen) atoms. The first-order valence-electron chi connectivity index (χ1n) is 5.39. The molecule has 0 radical (unpaired) electrons. The van der Waals surface area contributed by atoms with Crippen molar-refractivity contribution in [3.05, 3.63) is 0 Å². The van der Waals surface area contributed by atoms with E-state index < -0.39 is 0 Å². The summed E-state index contributed by atoms with van der Waals surface area (Å²) >= 11 is 0. The van der Waals surface area contributed by atoms with Crippen LogP contribution >= 0.6 is 0 Å². The van der Waals surface area contributed by atoms with Crippen molar-refractivity contribution < 1.29 is 5.11 Å². The Morgan fingerprint density at radius 3 is 2.08 bits per heavy atom. The third-order valence-electron chi connectivity index (χ3n) is 3.74. The third kappa shape index (κ3) is 1.75. The van der Waals surface area contributed by atoms with E-state index in [4.69, 9.17) is 0 Å². The van der Waals surface area contributed by atoms with E-state index in [0.717, 1.165) is 18.8 Å². The van der Waals surface area contributed by atoms with E-state index in [1.807, 2.05) is 0 Å². The fourth-order valence-corrected chi connectivity index (χ4v) is 2.22. The number of nitrogens with zero attached hydrogens (tertiary/aromatic N) is 1. The lowest BCUT2D eigenvalue weighted by Crippen LogP contribution is -2.60. The maximum Gasteiger partial charge on any atom is 0.0570 e. The van der Waals surface area contributed by atoms with Crippen LogP contribution in [0.3, 0.4) is 0 Å². The van der Waals surface area contributed by atoms with Gasteiger partial charge in [-0.15, -0.1) is 0 Å². The first-order valence-corrected chi connectivity index (χ1v) is 5.39. The molecule has 0 aromatic heterocycles. The standard InChI is InChI=1S/C11H21NO/c1-11(2,3)8-6-12(7-8)9-4-10(13)5-9/h8-10,13H,4-7H2,1-3H3. The van der Waals surface area contributed by atoms with Crippen molar-refractivity contribution in [3.63, 3.8) is 0 Å². The summed E-state index contributed by atoms with van der Waals surface area (Å²) in [7, 11) is 0. The van der Waals surface area contributed by atoms with Gasteiger partial charge in [0.2, 0.25) is 0 Å². The lowest BCUT2D eigenvalue weighted by atomic mass is 9.73. The molecule has 1 saturated carbocycles. The zero-order chi connectivity index (χ0) is 9.64. The van der Waals surface area contributed by atoms with Gasteiger partial charge in [0.25, 0.3) is 0 Å². The second-order valence-corrected chi connectivity index (χ2v) is 5.80. The van der Waals surface area contributed by atoms with Crippen molar-refractivity contribution in [1.29, 1.82) is 0 Å². The van der Waals surface area contributed by atoms with Crippen LogP contribution in [0.25, 0.3) is 0 Å². The molecule has 1 saturated heterocycles. The molecular weight excluding hydrogens is 162 g/mol. The molecule has 0 atom stereocenters. The highest BCUT2D eigenvalue weighted by Crippen LogP contribution is 2.38. The molecule has 2 rings (SSSR count). The molecule has 1 aliphatic heterocycles. The molecule has 0 bridgehead atoms. The van der Waals surface area contributed by atoms with E-state index in [2.05, 4.69) is 25.7 Å². The highest BCUT2D eigenvalue weighted by molar-refractivity contribution is 4.96. The molecule has 0 aromatic carbocycles. The largest absolute Gasteiger partial charge is 0.393 e. The number of likely N-dealkylation sites (tertiary alicyclic amines) is 1. The van der Waals surface area contributed by atoms with Crippen LogP contribution in [0.2, 0.25) is 0 Å². The molecule has 2 aliphatic rings. The maximum atomic E-state index is 9.19. The molecule has 0 aromatic rings. The van der Waals surface area contributed by atoms with Crippen molar-refractivity contribution in [1.82, 2.24) is 4.90 Å². The minimum absolute atomic E-state index is 0.00122. The number of hydrogen-bond acceptors (Lipinski definition) is 2. The normalized spacial score (nSPS) is 36.9. The van der Waals surface area contributed by atoms with Crippen LogP contribution in [0, 0.1) is 11.3 Å². The van der Waals surface area contributed by atoms with E-state index in [1.54, 1.807) is 0 Å².